The fraction of sp³-hybridized carbons (Fsp3) is 0.583. The highest BCUT2D eigenvalue weighted by molar-refractivity contribution is 5.93. The summed E-state index contributed by atoms with van der Waals surface area (Å²) in [6, 6.07) is 1.75. The Bertz CT molecular complexity index is 413. The molecule has 0 spiro atoms. The first-order chi connectivity index (χ1) is 8.08. The number of likely N-dealkylation sites (N-methyl/N-ethyl adjacent to an activating group) is 1. The van der Waals surface area contributed by atoms with Crippen LogP contribution in [-0.4, -0.2) is 53.5 Å². The van der Waals surface area contributed by atoms with E-state index in [1.807, 2.05) is 11.9 Å². The van der Waals surface area contributed by atoms with E-state index in [-0.39, 0.29) is 5.91 Å². The maximum Gasteiger partial charge on any atom is 0.270 e. The number of amides is 1. The number of carbonyl (C=O) groups is 1. The normalized spacial score (nSPS) is 18.1. The summed E-state index contributed by atoms with van der Waals surface area (Å²) in [4.78, 5) is 16.5. The zero-order valence-electron chi connectivity index (χ0n) is 10.5. The lowest BCUT2D eigenvalue weighted by Gasteiger charge is -2.20. The van der Waals surface area contributed by atoms with Crippen molar-refractivity contribution < 1.29 is 4.79 Å². The van der Waals surface area contributed by atoms with Gasteiger partial charge in [-0.05, 0) is 26.1 Å². The van der Waals surface area contributed by atoms with Crippen molar-refractivity contribution in [2.75, 3.05) is 39.0 Å². The molecule has 1 fully saturated rings. The molecule has 2 rings (SSSR count). The SMILES string of the molecule is CN1CCCN(C(=O)c2cc(N)cn2C)CC1. The Balaban J connectivity index is 2.11. The van der Waals surface area contributed by atoms with Crippen molar-refractivity contribution in [2.45, 2.75) is 6.42 Å². The average Bonchev–Trinajstić information content (AvgIpc) is 2.49. The van der Waals surface area contributed by atoms with Gasteiger partial charge < -0.3 is 20.1 Å². The molecule has 0 aliphatic carbocycles. The highest BCUT2D eigenvalue weighted by Crippen LogP contribution is 2.13. The Kier molecular flexibility index (Phi) is 3.38. The molecule has 5 heteroatoms. The van der Waals surface area contributed by atoms with Gasteiger partial charge in [0.05, 0.1) is 5.69 Å². The van der Waals surface area contributed by atoms with E-state index in [1.54, 1.807) is 16.8 Å². The molecule has 0 unspecified atom stereocenters. The number of nitrogens with zero attached hydrogens (tertiary/aromatic N) is 3. The molecule has 17 heavy (non-hydrogen) atoms. The van der Waals surface area contributed by atoms with Gasteiger partial charge in [0.2, 0.25) is 0 Å². The lowest BCUT2D eigenvalue weighted by Crippen LogP contribution is -2.35. The van der Waals surface area contributed by atoms with E-state index < -0.39 is 0 Å². The Morgan fingerprint density at radius 2 is 2.00 bits per heavy atom. The fourth-order valence-corrected chi connectivity index (χ4v) is 2.21. The number of nitrogens with two attached hydrogens (primary N) is 1. The zero-order chi connectivity index (χ0) is 12.4. The number of aromatic nitrogens is 1. The Morgan fingerprint density at radius 3 is 2.65 bits per heavy atom. The molecule has 0 bridgehead atoms. The van der Waals surface area contributed by atoms with Crippen molar-refractivity contribution in [2.24, 2.45) is 7.05 Å². The monoisotopic (exact) mass is 236 g/mol. The summed E-state index contributed by atoms with van der Waals surface area (Å²) >= 11 is 0. The van der Waals surface area contributed by atoms with Gasteiger partial charge >= 0.3 is 0 Å². The minimum atomic E-state index is 0.0829. The number of rotatable bonds is 1. The molecular weight excluding hydrogens is 216 g/mol. The molecule has 2 N–H and O–H groups in total. The molecule has 1 aromatic rings. The maximum absolute atomic E-state index is 12.3. The van der Waals surface area contributed by atoms with Crippen molar-refractivity contribution in [1.29, 1.82) is 0 Å². The number of hydrogen-bond donors (Lipinski definition) is 1. The first-order valence-electron chi connectivity index (χ1n) is 5.97. The Morgan fingerprint density at radius 1 is 1.24 bits per heavy atom. The molecule has 5 nitrogen and oxygen atoms in total. The average molecular weight is 236 g/mol. The van der Waals surface area contributed by atoms with E-state index in [0.29, 0.717) is 11.4 Å². The summed E-state index contributed by atoms with van der Waals surface area (Å²) in [7, 11) is 3.95. The summed E-state index contributed by atoms with van der Waals surface area (Å²) in [5.41, 5.74) is 7.01. The van der Waals surface area contributed by atoms with Crippen LogP contribution in [0.5, 0.6) is 0 Å². The van der Waals surface area contributed by atoms with Crippen molar-refractivity contribution in [1.82, 2.24) is 14.4 Å². The van der Waals surface area contributed by atoms with Crippen molar-refractivity contribution in [3.8, 4) is 0 Å². The smallest absolute Gasteiger partial charge is 0.270 e. The second-order valence-electron chi connectivity index (χ2n) is 4.72. The Hall–Kier alpha value is -1.49. The maximum atomic E-state index is 12.3. The molecule has 0 atom stereocenters. The summed E-state index contributed by atoms with van der Waals surface area (Å²) in [6.45, 7) is 3.61. The summed E-state index contributed by atoms with van der Waals surface area (Å²) in [5, 5.41) is 0. The van der Waals surface area contributed by atoms with Crippen LogP contribution < -0.4 is 5.73 Å². The van der Waals surface area contributed by atoms with Crippen LogP contribution in [0.25, 0.3) is 0 Å². The first kappa shape index (κ1) is 12.0. The standard InChI is InChI=1S/C12H20N4O/c1-14-4-3-5-16(7-6-14)12(17)11-8-10(13)9-15(11)2/h8-9H,3-7,13H2,1-2H3. The second kappa shape index (κ2) is 4.79. The van der Waals surface area contributed by atoms with Crippen LogP contribution >= 0.6 is 0 Å². The molecular formula is C12H20N4O. The van der Waals surface area contributed by atoms with Crippen LogP contribution in [0.2, 0.25) is 0 Å². The summed E-state index contributed by atoms with van der Waals surface area (Å²) < 4.78 is 1.80. The predicted molar refractivity (Wildman–Crippen MR) is 67.8 cm³/mol. The van der Waals surface area contributed by atoms with E-state index in [1.165, 1.54) is 0 Å². The van der Waals surface area contributed by atoms with Gasteiger partial charge in [0.25, 0.3) is 5.91 Å². The Labute approximate surface area is 102 Å². The van der Waals surface area contributed by atoms with E-state index in [0.717, 1.165) is 32.6 Å². The van der Waals surface area contributed by atoms with Gasteiger partial charge in [-0.25, -0.2) is 0 Å². The van der Waals surface area contributed by atoms with E-state index in [2.05, 4.69) is 11.9 Å². The lowest BCUT2D eigenvalue weighted by atomic mass is 10.3. The van der Waals surface area contributed by atoms with Gasteiger partial charge in [0.15, 0.2) is 0 Å². The lowest BCUT2D eigenvalue weighted by molar-refractivity contribution is 0.0753. The second-order valence-corrected chi connectivity index (χ2v) is 4.72. The van der Waals surface area contributed by atoms with Gasteiger partial charge in [0, 0.05) is 32.9 Å². The van der Waals surface area contributed by atoms with Gasteiger partial charge in [-0.3, -0.25) is 4.79 Å². The number of anilines is 1. The largest absolute Gasteiger partial charge is 0.397 e. The molecule has 1 aliphatic rings. The highest BCUT2D eigenvalue weighted by atomic mass is 16.2. The van der Waals surface area contributed by atoms with Crippen molar-refractivity contribution in [3.05, 3.63) is 18.0 Å². The zero-order valence-corrected chi connectivity index (χ0v) is 10.5. The van der Waals surface area contributed by atoms with E-state index in [4.69, 9.17) is 5.73 Å². The van der Waals surface area contributed by atoms with Crippen LogP contribution in [0.4, 0.5) is 5.69 Å². The minimum absolute atomic E-state index is 0.0829. The molecule has 1 aliphatic heterocycles. The third-order valence-corrected chi connectivity index (χ3v) is 3.25. The molecule has 0 radical (unpaired) electrons. The molecule has 1 amide bonds. The molecule has 0 saturated carbocycles. The van der Waals surface area contributed by atoms with Gasteiger partial charge in [-0.15, -0.1) is 0 Å². The van der Waals surface area contributed by atoms with Crippen LogP contribution in [-0.2, 0) is 7.05 Å². The highest BCUT2D eigenvalue weighted by Gasteiger charge is 2.21. The molecule has 1 aromatic heterocycles. The van der Waals surface area contributed by atoms with Crippen LogP contribution in [0, 0.1) is 0 Å². The number of carbonyl (C=O) groups excluding carboxylic acids is 1. The van der Waals surface area contributed by atoms with Gasteiger partial charge in [0.1, 0.15) is 5.69 Å². The molecule has 94 valence electrons. The third kappa shape index (κ3) is 2.61. The molecule has 0 aromatic carbocycles. The molecule has 2 heterocycles. The summed E-state index contributed by atoms with van der Waals surface area (Å²) in [5.74, 6) is 0.0829. The predicted octanol–water partition coefficient (Wildman–Crippen LogP) is 0.385. The van der Waals surface area contributed by atoms with Crippen molar-refractivity contribution >= 4 is 11.6 Å². The summed E-state index contributed by atoms with van der Waals surface area (Å²) in [6.07, 6.45) is 2.80. The van der Waals surface area contributed by atoms with Crippen molar-refractivity contribution in [3.63, 3.8) is 0 Å². The van der Waals surface area contributed by atoms with Gasteiger partial charge in [-0.1, -0.05) is 0 Å². The third-order valence-electron chi connectivity index (χ3n) is 3.25. The first-order valence-corrected chi connectivity index (χ1v) is 5.97. The van der Waals surface area contributed by atoms with Crippen LogP contribution in [0.15, 0.2) is 12.3 Å². The van der Waals surface area contributed by atoms with E-state index >= 15 is 0 Å². The number of aryl methyl sites for hydroxylation is 1. The molecule has 1 saturated heterocycles. The quantitative estimate of drug-likeness (QED) is 0.767. The van der Waals surface area contributed by atoms with Gasteiger partial charge in [-0.2, -0.15) is 0 Å². The topological polar surface area (TPSA) is 54.5 Å². The minimum Gasteiger partial charge on any atom is -0.397 e. The van der Waals surface area contributed by atoms with Crippen LogP contribution in [0.1, 0.15) is 16.9 Å². The number of hydrogen-bond acceptors (Lipinski definition) is 3. The number of nitrogen functional groups attached to an aromatic ring is 1. The van der Waals surface area contributed by atoms with E-state index in [9.17, 15) is 4.79 Å². The van der Waals surface area contributed by atoms with Crippen LogP contribution in [0.3, 0.4) is 0 Å². The fourth-order valence-electron chi connectivity index (χ4n) is 2.21.